The summed E-state index contributed by atoms with van der Waals surface area (Å²) in [5.41, 5.74) is 1.33. The van der Waals surface area contributed by atoms with E-state index in [1.807, 2.05) is 0 Å². The third kappa shape index (κ3) is 1.67. The van der Waals surface area contributed by atoms with Crippen molar-refractivity contribution >= 4 is 22.6 Å². The summed E-state index contributed by atoms with van der Waals surface area (Å²) in [5.74, 6) is -0.541. The molecule has 0 bridgehead atoms. The molecule has 2 aromatic heterocycles. The van der Waals surface area contributed by atoms with E-state index in [0.29, 0.717) is 15.9 Å². The Morgan fingerprint density at radius 3 is 3.05 bits per heavy atom. The molecule has 0 fully saturated rings. The summed E-state index contributed by atoms with van der Waals surface area (Å²) in [5, 5.41) is 19.8. The van der Waals surface area contributed by atoms with Crippen molar-refractivity contribution < 1.29 is 14.4 Å². The van der Waals surface area contributed by atoms with Gasteiger partial charge in [-0.05, 0) is 17.8 Å². The molecule has 96 valence electrons. The van der Waals surface area contributed by atoms with Gasteiger partial charge < -0.3 is 9.94 Å². The summed E-state index contributed by atoms with van der Waals surface area (Å²) in [6, 6.07) is 6.90. The molecule has 0 spiro atoms. The molecular formula is C12H10N4O3. The van der Waals surface area contributed by atoms with Crippen LogP contribution in [0.1, 0.15) is 17.3 Å². The summed E-state index contributed by atoms with van der Waals surface area (Å²) in [7, 11) is 0. The molecule has 3 rings (SSSR count). The molecule has 2 heterocycles. The highest BCUT2D eigenvalue weighted by molar-refractivity contribution is 5.96. The fraction of sp³-hybridized carbons (Fsp3) is 0.167. The highest BCUT2D eigenvalue weighted by Crippen LogP contribution is 2.14. The molecule has 0 saturated carbocycles. The van der Waals surface area contributed by atoms with E-state index in [4.69, 9.17) is 4.74 Å². The molecule has 1 aromatic carbocycles. The van der Waals surface area contributed by atoms with Crippen molar-refractivity contribution in [3.63, 3.8) is 0 Å². The summed E-state index contributed by atoms with van der Waals surface area (Å²) >= 11 is 0. The summed E-state index contributed by atoms with van der Waals surface area (Å²) in [6.07, 6.45) is 1.35. The van der Waals surface area contributed by atoms with E-state index in [-0.39, 0.29) is 17.8 Å². The molecule has 0 N–H and O–H groups in total. The smallest absolute Gasteiger partial charge is 0.343 e. The van der Waals surface area contributed by atoms with Gasteiger partial charge in [-0.25, -0.2) is 9.31 Å². The lowest BCUT2D eigenvalue weighted by molar-refractivity contribution is -0.640. The Balaban J connectivity index is 2.33. The van der Waals surface area contributed by atoms with Gasteiger partial charge in [0.15, 0.2) is 0 Å². The van der Waals surface area contributed by atoms with Crippen LogP contribution < -0.4 is 4.85 Å². The Morgan fingerprint density at radius 1 is 1.47 bits per heavy atom. The maximum atomic E-state index is 11.8. The first-order valence-electron chi connectivity index (χ1n) is 5.76. The van der Waals surface area contributed by atoms with Crippen molar-refractivity contribution in [2.24, 2.45) is 0 Å². The predicted octanol–water partition coefficient (Wildman–Crippen LogP) is 0.693. The average molecular weight is 258 g/mol. The molecule has 3 aromatic rings. The topological polar surface area (TPSA) is 83.4 Å². The zero-order valence-corrected chi connectivity index (χ0v) is 10.1. The van der Waals surface area contributed by atoms with E-state index in [0.717, 1.165) is 0 Å². The number of hydrogen-bond donors (Lipinski definition) is 0. The standard InChI is InChI=1S/C12H10N4O3/c1-2-19-12(17)8-7-13-15-9-5-3-4-6-10(9)16(18)14-11(8)15/h3-7H,2H2,1H3. The van der Waals surface area contributed by atoms with E-state index >= 15 is 0 Å². The largest absolute Gasteiger partial charge is 0.594 e. The average Bonchev–Trinajstić information content (AvgIpc) is 2.83. The molecule has 0 aliphatic heterocycles. The Labute approximate surface area is 107 Å². The maximum absolute atomic E-state index is 11.8. The molecule has 7 heteroatoms. The molecule has 0 amide bonds. The van der Waals surface area contributed by atoms with Crippen LogP contribution in [0, 0.1) is 5.21 Å². The van der Waals surface area contributed by atoms with Gasteiger partial charge in [-0.15, -0.1) is 0 Å². The number of esters is 1. The summed E-state index contributed by atoms with van der Waals surface area (Å²) in [6.45, 7) is 1.96. The van der Waals surface area contributed by atoms with E-state index in [9.17, 15) is 10.0 Å². The molecule has 19 heavy (non-hydrogen) atoms. The lowest BCUT2D eigenvalue weighted by Crippen LogP contribution is -2.33. The van der Waals surface area contributed by atoms with Crippen molar-refractivity contribution in [3.05, 3.63) is 41.2 Å². The first-order chi connectivity index (χ1) is 9.22. The van der Waals surface area contributed by atoms with Gasteiger partial charge in [-0.1, -0.05) is 12.1 Å². The lowest BCUT2D eigenvalue weighted by atomic mass is 10.3. The number of carbonyl (C=O) groups excluding carboxylic acids is 1. The highest BCUT2D eigenvalue weighted by Gasteiger charge is 2.20. The second-order valence-corrected chi connectivity index (χ2v) is 3.88. The van der Waals surface area contributed by atoms with Gasteiger partial charge in [0.25, 0.3) is 5.52 Å². The minimum atomic E-state index is -0.541. The number of ether oxygens (including phenoxy) is 1. The molecule has 7 nitrogen and oxygen atoms in total. The van der Waals surface area contributed by atoms with Crippen molar-refractivity contribution in [2.75, 3.05) is 6.61 Å². The zero-order chi connectivity index (χ0) is 13.4. The normalized spacial score (nSPS) is 11.0. The fourth-order valence-corrected chi connectivity index (χ4v) is 1.91. The molecule has 0 aliphatic rings. The Bertz CT molecular complexity index is 781. The number of hydrogen-bond acceptors (Lipinski definition) is 5. The van der Waals surface area contributed by atoms with Gasteiger partial charge in [0, 0.05) is 11.2 Å². The first-order valence-corrected chi connectivity index (χ1v) is 5.76. The number of carbonyl (C=O) groups is 1. The molecule has 0 radical (unpaired) electrons. The van der Waals surface area contributed by atoms with E-state index in [1.165, 1.54) is 10.7 Å². The van der Waals surface area contributed by atoms with Gasteiger partial charge in [0.05, 0.1) is 12.8 Å². The van der Waals surface area contributed by atoms with E-state index in [1.54, 1.807) is 31.2 Å². The van der Waals surface area contributed by atoms with Crippen LogP contribution in [0.3, 0.4) is 0 Å². The van der Waals surface area contributed by atoms with Gasteiger partial charge in [0.1, 0.15) is 11.1 Å². The van der Waals surface area contributed by atoms with Crippen LogP contribution in [-0.4, -0.2) is 27.3 Å². The fourth-order valence-electron chi connectivity index (χ4n) is 1.91. The van der Waals surface area contributed by atoms with Crippen molar-refractivity contribution in [2.45, 2.75) is 6.92 Å². The van der Waals surface area contributed by atoms with Gasteiger partial charge in [-0.2, -0.15) is 5.10 Å². The molecule has 0 aliphatic carbocycles. The Morgan fingerprint density at radius 2 is 2.26 bits per heavy atom. The molecular weight excluding hydrogens is 248 g/mol. The van der Waals surface area contributed by atoms with Crippen LogP contribution in [0.4, 0.5) is 0 Å². The monoisotopic (exact) mass is 258 g/mol. The third-order valence-corrected chi connectivity index (χ3v) is 2.74. The second-order valence-electron chi connectivity index (χ2n) is 3.88. The van der Waals surface area contributed by atoms with Crippen LogP contribution in [0.25, 0.3) is 16.7 Å². The van der Waals surface area contributed by atoms with Crippen LogP contribution in [0.5, 0.6) is 0 Å². The minimum absolute atomic E-state index is 0.178. The van der Waals surface area contributed by atoms with Crippen LogP contribution in [0.15, 0.2) is 30.5 Å². The summed E-state index contributed by atoms with van der Waals surface area (Å²) in [4.78, 5) is 12.2. The van der Waals surface area contributed by atoms with Crippen molar-refractivity contribution in [3.8, 4) is 0 Å². The lowest BCUT2D eigenvalue weighted by Gasteiger charge is -2.02. The molecule has 0 unspecified atom stereocenters. The van der Waals surface area contributed by atoms with Crippen molar-refractivity contribution in [1.82, 2.24) is 14.7 Å². The zero-order valence-electron chi connectivity index (χ0n) is 10.1. The van der Waals surface area contributed by atoms with Gasteiger partial charge in [0.2, 0.25) is 5.65 Å². The number of fused-ring (bicyclic) bond motifs is 3. The second kappa shape index (κ2) is 4.20. The Hall–Kier alpha value is -2.70. The first kappa shape index (κ1) is 11.4. The number of benzene rings is 1. The van der Waals surface area contributed by atoms with Crippen LogP contribution >= 0.6 is 0 Å². The number of nitrogens with zero attached hydrogens (tertiary/aromatic N) is 4. The number of aromatic nitrogens is 4. The van der Waals surface area contributed by atoms with Crippen LogP contribution in [-0.2, 0) is 4.74 Å². The predicted molar refractivity (Wildman–Crippen MR) is 65.4 cm³/mol. The quantitative estimate of drug-likeness (QED) is 0.383. The molecule has 0 atom stereocenters. The molecule has 0 saturated heterocycles. The van der Waals surface area contributed by atoms with Crippen LogP contribution in [0.2, 0.25) is 0 Å². The SMILES string of the molecule is CCOC(=O)c1cnn2c1n[n+]([O-])c1ccccc12. The van der Waals surface area contributed by atoms with Crippen molar-refractivity contribution in [1.29, 1.82) is 0 Å². The minimum Gasteiger partial charge on any atom is -0.594 e. The highest BCUT2D eigenvalue weighted by atomic mass is 16.5. The van der Waals surface area contributed by atoms with Gasteiger partial charge >= 0.3 is 5.97 Å². The number of rotatable bonds is 2. The summed E-state index contributed by atoms with van der Waals surface area (Å²) < 4.78 is 6.36. The Kier molecular flexibility index (Phi) is 2.52. The maximum Gasteiger partial charge on any atom is 0.343 e. The van der Waals surface area contributed by atoms with Gasteiger partial charge in [-0.3, -0.25) is 0 Å². The third-order valence-electron chi connectivity index (χ3n) is 2.74. The number of para-hydroxylation sites is 2. The van der Waals surface area contributed by atoms with E-state index < -0.39 is 5.97 Å². The van der Waals surface area contributed by atoms with E-state index in [2.05, 4.69) is 10.2 Å².